The molecule has 1 unspecified atom stereocenters. The first-order valence-corrected chi connectivity index (χ1v) is 10.3. The van der Waals surface area contributed by atoms with E-state index in [0.717, 1.165) is 5.92 Å². The molecule has 0 aromatic rings. The van der Waals surface area contributed by atoms with Crippen molar-refractivity contribution in [3.8, 4) is 0 Å². The first-order chi connectivity index (χ1) is 10.3. The zero-order chi connectivity index (χ0) is 15.6. The standard InChI is InChI=1S/C21H44/c1-4-6-8-9-10-11-12-13-14-15-16-18-20-21(3)19-17-7-5-2/h21H,4-20H2,1-3H3. The Morgan fingerprint density at radius 2 is 0.714 bits per heavy atom. The third-order valence-electron chi connectivity index (χ3n) is 4.85. The summed E-state index contributed by atoms with van der Waals surface area (Å²) in [5, 5.41) is 0. The normalized spacial score (nSPS) is 12.7. The maximum atomic E-state index is 2.45. The molecular weight excluding hydrogens is 252 g/mol. The molecule has 0 fully saturated rings. The summed E-state index contributed by atoms with van der Waals surface area (Å²) in [7, 11) is 0. The predicted molar refractivity (Wildman–Crippen MR) is 99.0 cm³/mol. The average molecular weight is 297 g/mol. The minimum Gasteiger partial charge on any atom is -0.0654 e. The van der Waals surface area contributed by atoms with Crippen LogP contribution >= 0.6 is 0 Å². The van der Waals surface area contributed by atoms with Crippen LogP contribution in [0.4, 0.5) is 0 Å². The molecule has 0 aliphatic carbocycles. The van der Waals surface area contributed by atoms with E-state index in [1.165, 1.54) is 109 Å². The molecule has 0 heterocycles. The van der Waals surface area contributed by atoms with Gasteiger partial charge in [-0.3, -0.25) is 0 Å². The molecule has 1 atom stereocenters. The van der Waals surface area contributed by atoms with Gasteiger partial charge in [0.05, 0.1) is 0 Å². The highest BCUT2D eigenvalue weighted by Gasteiger charge is 2.01. The number of hydrogen-bond donors (Lipinski definition) is 0. The molecule has 128 valence electrons. The summed E-state index contributed by atoms with van der Waals surface area (Å²) in [5.41, 5.74) is 0. The maximum Gasteiger partial charge on any atom is -0.0443 e. The SMILES string of the molecule is CCCCCCCCCCCCCCC(C)CCCCC. The monoisotopic (exact) mass is 296 g/mol. The smallest absolute Gasteiger partial charge is 0.0443 e. The van der Waals surface area contributed by atoms with Crippen LogP contribution in [0.3, 0.4) is 0 Å². The lowest BCUT2D eigenvalue weighted by atomic mass is 9.96. The fourth-order valence-electron chi connectivity index (χ4n) is 3.22. The van der Waals surface area contributed by atoms with Crippen molar-refractivity contribution < 1.29 is 0 Å². The Morgan fingerprint density at radius 1 is 0.429 bits per heavy atom. The first-order valence-electron chi connectivity index (χ1n) is 10.3. The molecule has 0 rings (SSSR count). The van der Waals surface area contributed by atoms with Crippen LogP contribution in [0.2, 0.25) is 0 Å². The molecule has 0 aliphatic heterocycles. The Hall–Kier alpha value is 0. The molecule has 0 saturated heterocycles. The summed E-state index contributed by atoms with van der Waals surface area (Å²) < 4.78 is 0. The third kappa shape index (κ3) is 18.0. The van der Waals surface area contributed by atoms with Gasteiger partial charge in [-0.05, 0) is 5.92 Å². The van der Waals surface area contributed by atoms with Crippen molar-refractivity contribution in [3.05, 3.63) is 0 Å². The van der Waals surface area contributed by atoms with E-state index in [9.17, 15) is 0 Å². The van der Waals surface area contributed by atoms with Crippen molar-refractivity contribution in [2.75, 3.05) is 0 Å². The van der Waals surface area contributed by atoms with Gasteiger partial charge in [0.1, 0.15) is 0 Å². The molecule has 0 amide bonds. The Balaban J connectivity index is 3.05. The van der Waals surface area contributed by atoms with E-state index >= 15 is 0 Å². The highest BCUT2D eigenvalue weighted by atomic mass is 14.1. The van der Waals surface area contributed by atoms with Crippen molar-refractivity contribution >= 4 is 0 Å². The molecule has 0 spiro atoms. The fraction of sp³-hybridized carbons (Fsp3) is 1.00. The largest absolute Gasteiger partial charge is 0.0654 e. The van der Waals surface area contributed by atoms with Crippen molar-refractivity contribution in [1.29, 1.82) is 0 Å². The van der Waals surface area contributed by atoms with Crippen LogP contribution in [0.1, 0.15) is 130 Å². The van der Waals surface area contributed by atoms with Gasteiger partial charge in [0.25, 0.3) is 0 Å². The Bertz CT molecular complexity index is 173. The lowest BCUT2D eigenvalue weighted by Gasteiger charge is -2.10. The molecule has 0 N–H and O–H groups in total. The van der Waals surface area contributed by atoms with E-state index in [1.54, 1.807) is 0 Å². The molecule has 21 heavy (non-hydrogen) atoms. The first kappa shape index (κ1) is 21.0. The lowest BCUT2D eigenvalue weighted by molar-refractivity contribution is 0.435. The van der Waals surface area contributed by atoms with Crippen molar-refractivity contribution in [2.24, 2.45) is 5.92 Å². The van der Waals surface area contributed by atoms with Gasteiger partial charge < -0.3 is 0 Å². The predicted octanol–water partition coefficient (Wildman–Crippen LogP) is 8.29. The lowest BCUT2D eigenvalue weighted by Crippen LogP contribution is -1.94. The second-order valence-electron chi connectivity index (χ2n) is 7.28. The topological polar surface area (TPSA) is 0 Å². The molecule has 0 saturated carbocycles. The van der Waals surface area contributed by atoms with Gasteiger partial charge in [0, 0.05) is 0 Å². The van der Waals surface area contributed by atoms with Gasteiger partial charge in [-0.25, -0.2) is 0 Å². The zero-order valence-electron chi connectivity index (χ0n) is 15.6. The summed E-state index contributed by atoms with van der Waals surface area (Å²) >= 11 is 0. The van der Waals surface area contributed by atoms with Gasteiger partial charge in [0.2, 0.25) is 0 Å². The summed E-state index contributed by atoms with van der Waals surface area (Å²) in [5.74, 6) is 0.972. The molecule has 0 aliphatic rings. The van der Waals surface area contributed by atoms with E-state index in [2.05, 4.69) is 20.8 Å². The molecule has 0 nitrogen and oxygen atoms in total. The number of unbranched alkanes of at least 4 members (excludes halogenated alkanes) is 13. The second kappa shape index (κ2) is 18.1. The van der Waals surface area contributed by atoms with E-state index < -0.39 is 0 Å². The van der Waals surface area contributed by atoms with E-state index in [1.807, 2.05) is 0 Å². The van der Waals surface area contributed by atoms with Crippen molar-refractivity contribution in [3.63, 3.8) is 0 Å². The summed E-state index contributed by atoms with van der Waals surface area (Å²) in [4.78, 5) is 0. The zero-order valence-corrected chi connectivity index (χ0v) is 15.6. The van der Waals surface area contributed by atoms with Crippen molar-refractivity contribution in [1.82, 2.24) is 0 Å². The van der Waals surface area contributed by atoms with Gasteiger partial charge in [0.15, 0.2) is 0 Å². The molecule has 0 aromatic heterocycles. The molecule has 0 heteroatoms. The van der Waals surface area contributed by atoms with Crippen molar-refractivity contribution in [2.45, 2.75) is 130 Å². The van der Waals surface area contributed by atoms with Crippen LogP contribution in [-0.4, -0.2) is 0 Å². The Labute approximate surface area is 136 Å². The van der Waals surface area contributed by atoms with Crippen LogP contribution in [0.5, 0.6) is 0 Å². The third-order valence-corrected chi connectivity index (χ3v) is 4.85. The van der Waals surface area contributed by atoms with Crippen LogP contribution in [0.15, 0.2) is 0 Å². The minimum atomic E-state index is 0.972. The summed E-state index contributed by atoms with van der Waals surface area (Å²) in [6.07, 6.45) is 24.8. The average Bonchev–Trinajstić information content (AvgIpc) is 2.48. The van der Waals surface area contributed by atoms with Gasteiger partial charge in [-0.1, -0.05) is 130 Å². The van der Waals surface area contributed by atoms with E-state index in [4.69, 9.17) is 0 Å². The van der Waals surface area contributed by atoms with Gasteiger partial charge >= 0.3 is 0 Å². The maximum absolute atomic E-state index is 2.45. The minimum absolute atomic E-state index is 0.972. The van der Waals surface area contributed by atoms with Gasteiger partial charge in [-0.15, -0.1) is 0 Å². The summed E-state index contributed by atoms with van der Waals surface area (Å²) in [6.45, 7) is 7.05. The number of rotatable bonds is 17. The second-order valence-corrected chi connectivity index (χ2v) is 7.28. The van der Waals surface area contributed by atoms with Gasteiger partial charge in [-0.2, -0.15) is 0 Å². The molecular formula is C21H44. The quantitative estimate of drug-likeness (QED) is 0.237. The van der Waals surface area contributed by atoms with Crippen LogP contribution < -0.4 is 0 Å². The Morgan fingerprint density at radius 3 is 1.14 bits per heavy atom. The van der Waals surface area contributed by atoms with Crippen LogP contribution in [-0.2, 0) is 0 Å². The molecule has 0 bridgehead atoms. The fourth-order valence-corrected chi connectivity index (χ4v) is 3.22. The van der Waals surface area contributed by atoms with Crippen LogP contribution in [0, 0.1) is 5.92 Å². The van der Waals surface area contributed by atoms with E-state index in [-0.39, 0.29) is 0 Å². The highest BCUT2D eigenvalue weighted by molar-refractivity contribution is 4.55. The summed E-state index contributed by atoms with van der Waals surface area (Å²) in [6, 6.07) is 0. The Kier molecular flexibility index (Phi) is 18.1. The molecule has 0 aromatic carbocycles. The molecule has 0 radical (unpaired) electrons. The highest BCUT2D eigenvalue weighted by Crippen LogP contribution is 2.18. The van der Waals surface area contributed by atoms with Crippen LogP contribution in [0.25, 0.3) is 0 Å². The number of hydrogen-bond acceptors (Lipinski definition) is 0. The van der Waals surface area contributed by atoms with E-state index in [0.29, 0.717) is 0 Å².